The van der Waals surface area contributed by atoms with E-state index in [9.17, 15) is 0 Å². The molecule has 3 aromatic heterocycles. The molecule has 0 bridgehead atoms. The number of nitrogens with zero attached hydrogens (tertiary/aromatic N) is 2. The van der Waals surface area contributed by atoms with Crippen LogP contribution in [0.4, 0.5) is 0 Å². The van der Waals surface area contributed by atoms with E-state index in [4.69, 9.17) is 4.98 Å². The summed E-state index contributed by atoms with van der Waals surface area (Å²) in [6.07, 6.45) is 3.95. The summed E-state index contributed by atoms with van der Waals surface area (Å²) in [6, 6.07) is 55.4. The van der Waals surface area contributed by atoms with E-state index in [2.05, 4.69) is 153 Å². The van der Waals surface area contributed by atoms with Crippen molar-refractivity contribution >= 4 is 44.8 Å². The Kier molecular flexibility index (Phi) is 11.0. The average molecular weight is 859 g/mol. The summed E-state index contributed by atoms with van der Waals surface area (Å²) in [5.41, 5.74) is 9.22. The van der Waals surface area contributed by atoms with Gasteiger partial charge in [-0.05, 0) is 55.0 Å². The Morgan fingerprint density at radius 2 is 1.36 bits per heavy atom. The van der Waals surface area contributed by atoms with Gasteiger partial charge in [0.05, 0.1) is 8.07 Å². The number of pyridine rings is 2. The van der Waals surface area contributed by atoms with Crippen LogP contribution in [0.3, 0.4) is 0 Å². The molecule has 5 heteroatoms. The molecule has 5 aromatic carbocycles. The number of hydrogen-bond donors (Lipinski definition) is 0. The number of thiophene rings is 1. The van der Waals surface area contributed by atoms with Gasteiger partial charge < -0.3 is 9.97 Å². The van der Waals surface area contributed by atoms with Gasteiger partial charge in [0.1, 0.15) is 0 Å². The van der Waals surface area contributed by atoms with Crippen LogP contribution in [0.2, 0.25) is 19.6 Å². The molecule has 3 heterocycles. The van der Waals surface area contributed by atoms with E-state index in [1.54, 1.807) is 0 Å². The van der Waals surface area contributed by atoms with E-state index in [1.807, 2.05) is 54.1 Å². The minimum Gasteiger partial charge on any atom is -0.305 e. The minimum absolute atomic E-state index is 0. The number of hydrogen-bond acceptors (Lipinski definition) is 3. The van der Waals surface area contributed by atoms with Crippen LogP contribution in [0.25, 0.3) is 53.8 Å². The van der Waals surface area contributed by atoms with E-state index in [1.165, 1.54) is 47.6 Å². The first-order valence-corrected chi connectivity index (χ1v) is 21.0. The molecule has 0 aliphatic heterocycles. The fourth-order valence-corrected chi connectivity index (χ4v) is 8.51. The zero-order chi connectivity index (χ0) is 33.8. The van der Waals surface area contributed by atoms with Crippen molar-refractivity contribution in [2.24, 2.45) is 0 Å². The molecule has 0 N–H and O–H groups in total. The Labute approximate surface area is 314 Å². The van der Waals surface area contributed by atoms with Gasteiger partial charge in [0, 0.05) is 43.1 Å². The first-order chi connectivity index (χ1) is 23.9. The second-order valence-corrected chi connectivity index (χ2v) is 19.4. The topological polar surface area (TPSA) is 25.8 Å². The minimum atomic E-state index is -1.23. The van der Waals surface area contributed by atoms with E-state index in [0.717, 1.165) is 22.5 Å². The average Bonchev–Trinajstić information content (AvgIpc) is 3.55. The molecule has 50 heavy (non-hydrogen) atoms. The van der Waals surface area contributed by atoms with Gasteiger partial charge >= 0.3 is 0 Å². The van der Waals surface area contributed by atoms with Crippen molar-refractivity contribution in [2.75, 3.05) is 0 Å². The maximum absolute atomic E-state index is 4.76. The number of aromatic nitrogens is 2. The molecule has 0 fully saturated rings. The summed E-state index contributed by atoms with van der Waals surface area (Å²) >= 11 is 1.84. The molecule has 0 saturated carbocycles. The Hall–Kier alpha value is -4.51. The zero-order valence-corrected chi connectivity index (χ0v) is 32.9. The summed E-state index contributed by atoms with van der Waals surface area (Å²) < 4.78 is 2.56. The van der Waals surface area contributed by atoms with E-state index < -0.39 is 8.07 Å². The predicted octanol–water partition coefficient (Wildman–Crippen LogP) is 11.8. The molecular formula is C45H38IrN2SSi-2. The van der Waals surface area contributed by atoms with Gasteiger partial charge in [-0.25, -0.2) is 0 Å². The molecule has 8 aromatic rings. The maximum Gasteiger partial charge on any atom is 0.0795 e. The van der Waals surface area contributed by atoms with E-state index in [0.29, 0.717) is 5.92 Å². The third kappa shape index (κ3) is 7.62. The zero-order valence-electron chi connectivity index (χ0n) is 28.6. The second kappa shape index (κ2) is 15.6. The van der Waals surface area contributed by atoms with E-state index in [-0.39, 0.29) is 20.1 Å². The molecule has 8 rings (SSSR count). The number of benzene rings is 5. The Morgan fingerprint density at radius 3 is 2.06 bits per heavy atom. The van der Waals surface area contributed by atoms with Crippen LogP contribution in [0.1, 0.15) is 24.0 Å². The normalized spacial score (nSPS) is 11.8. The Balaban J connectivity index is 0.000000215. The van der Waals surface area contributed by atoms with Crippen LogP contribution in [0, 0.1) is 12.1 Å². The van der Waals surface area contributed by atoms with Gasteiger partial charge in [0.15, 0.2) is 0 Å². The molecule has 0 amide bonds. The summed E-state index contributed by atoms with van der Waals surface area (Å²) in [6.45, 7) is 9.25. The van der Waals surface area contributed by atoms with E-state index >= 15 is 0 Å². The third-order valence-electron chi connectivity index (χ3n) is 9.00. The summed E-state index contributed by atoms with van der Waals surface area (Å²) in [5.74, 6) is 0.305. The smallest absolute Gasteiger partial charge is 0.0795 e. The first-order valence-electron chi connectivity index (χ1n) is 16.7. The molecule has 249 valence electrons. The van der Waals surface area contributed by atoms with Crippen molar-refractivity contribution in [1.82, 2.24) is 9.97 Å². The van der Waals surface area contributed by atoms with Crippen molar-refractivity contribution in [3.8, 4) is 33.6 Å². The number of rotatable bonds is 6. The maximum atomic E-state index is 4.76. The van der Waals surface area contributed by atoms with Gasteiger partial charge in [0.2, 0.25) is 0 Å². The quantitative estimate of drug-likeness (QED) is 0.123. The molecule has 0 aliphatic carbocycles. The monoisotopic (exact) mass is 859 g/mol. The molecule has 1 atom stereocenters. The molecule has 1 unspecified atom stereocenters. The fraction of sp³-hybridized carbons (Fsp3) is 0.111. The van der Waals surface area contributed by atoms with Gasteiger partial charge in [-0.2, -0.15) is 11.3 Å². The van der Waals surface area contributed by atoms with Crippen molar-refractivity contribution < 1.29 is 20.1 Å². The fourth-order valence-electron chi connectivity index (χ4n) is 6.14. The van der Waals surface area contributed by atoms with Crippen LogP contribution in [-0.2, 0) is 20.1 Å². The SMILES string of the molecule is CC(c1ccccc1)c1ccnc(-c2[c-]ccc3c2sc2c(-c4ccccc4)cccc23)c1.C[Si](C)(C)c1ccc(-c2[c-]cccc2)nc1.[Ir]. The van der Waals surface area contributed by atoms with Crippen molar-refractivity contribution in [3.05, 3.63) is 175 Å². The van der Waals surface area contributed by atoms with Gasteiger partial charge in [0.25, 0.3) is 0 Å². The third-order valence-corrected chi connectivity index (χ3v) is 12.3. The first kappa shape index (κ1) is 35.3. The summed E-state index contributed by atoms with van der Waals surface area (Å²) in [5, 5.41) is 3.96. The molecule has 0 aliphatic rings. The van der Waals surface area contributed by atoms with Gasteiger partial charge in [-0.1, -0.05) is 129 Å². The van der Waals surface area contributed by atoms with Crippen LogP contribution in [0.5, 0.6) is 0 Å². The van der Waals surface area contributed by atoms with Crippen LogP contribution >= 0.6 is 11.3 Å². The standard InChI is InChI=1S/C31H22NS.C14H16NSi.Ir/c1-21(22-10-4-2-5-11-22)24-18-19-32-29(20-24)28-17-9-16-27-26-15-8-14-25(30(26)33-31(27)28)23-12-6-3-7-13-23;1-16(2,3)13-9-10-14(15-11-13)12-7-5-4-6-8-12;/h2-16,18-21H,1H3;4-7,9-11H,1-3H3;/q2*-1;. The van der Waals surface area contributed by atoms with Crippen LogP contribution in [0.15, 0.2) is 152 Å². The Morgan fingerprint density at radius 1 is 0.620 bits per heavy atom. The summed E-state index contributed by atoms with van der Waals surface area (Å²) in [4.78, 5) is 9.28. The van der Waals surface area contributed by atoms with Gasteiger partial charge in [-0.15, -0.1) is 59.7 Å². The molecule has 1 radical (unpaired) electrons. The molecular weight excluding hydrogens is 821 g/mol. The van der Waals surface area contributed by atoms with Crippen molar-refractivity contribution in [1.29, 1.82) is 0 Å². The largest absolute Gasteiger partial charge is 0.305 e. The summed E-state index contributed by atoms with van der Waals surface area (Å²) in [7, 11) is -1.23. The molecule has 0 spiro atoms. The van der Waals surface area contributed by atoms with Crippen molar-refractivity contribution in [3.63, 3.8) is 0 Å². The van der Waals surface area contributed by atoms with Crippen molar-refractivity contribution in [2.45, 2.75) is 32.5 Å². The second-order valence-electron chi connectivity index (χ2n) is 13.3. The van der Waals surface area contributed by atoms with Gasteiger partial charge in [-0.3, -0.25) is 0 Å². The number of fused-ring (bicyclic) bond motifs is 3. The Bertz CT molecular complexity index is 2310. The molecule has 0 saturated heterocycles. The predicted molar refractivity (Wildman–Crippen MR) is 212 cm³/mol. The van der Waals surface area contributed by atoms with Crippen LogP contribution < -0.4 is 5.19 Å². The molecule has 2 nitrogen and oxygen atoms in total. The van der Waals surface area contributed by atoms with Crippen LogP contribution in [-0.4, -0.2) is 18.0 Å².